The fourth-order valence-corrected chi connectivity index (χ4v) is 2.98. The summed E-state index contributed by atoms with van der Waals surface area (Å²) in [6.07, 6.45) is 1.80. The lowest BCUT2D eigenvalue weighted by Gasteiger charge is -2.27. The fourth-order valence-electron chi connectivity index (χ4n) is 2.27. The van der Waals surface area contributed by atoms with Gasteiger partial charge in [-0.15, -0.1) is 11.3 Å². The lowest BCUT2D eigenvalue weighted by molar-refractivity contribution is -0.161. The summed E-state index contributed by atoms with van der Waals surface area (Å²) in [4.78, 5) is 13.4. The molecule has 1 N–H and O–H groups in total. The molecule has 23 heavy (non-hydrogen) atoms. The number of aliphatic hydroxyl groups is 1. The van der Waals surface area contributed by atoms with E-state index < -0.39 is 11.6 Å². The highest BCUT2D eigenvalue weighted by Gasteiger charge is 2.41. The Morgan fingerprint density at radius 1 is 1.30 bits per heavy atom. The summed E-state index contributed by atoms with van der Waals surface area (Å²) in [6, 6.07) is 10.6. The SMILES string of the molecule is CCOC(=O)C(O)(/C(C)=C/c1cccs1)c1ccc(OC)cc1. The van der Waals surface area contributed by atoms with Crippen molar-refractivity contribution in [2.24, 2.45) is 0 Å². The van der Waals surface area contributed by atoms with Crippen LogP contribution in [0, 0.1) is 0 Å². The number of hydrogen-bond donors (Lipinski definition) is 1. The molecule has 122 valence electrons. The van der Waals surface area contributed by atoms with Crippen LogP contribution in [0.2, 0.25) is 0 Å². The summed E-state index contributed by atoms with van der Waals surface area (Å²) >= 11 is 1.53. The van der Waals surface area contributed by atoms with Gasteiger partial charge in [-0.1, -0.05) is 18.2 Å². The first kappa shape index (κ1) is 17.2. The van der Waals surface area contributed by atoms with Gasteiger partial charge in [0.25, 0.3) is 0 Å². The van der Waals surface area contributed by atoms with Crippen molar-refractivity contribution < 1.29 is 19.4 Å². The zero-order chi connectivity index (χ0) is 16.9. The van der Waals surface area contributed by atoms with E-state index in [1.54, 1.807) is 51.3 Å². The van der Waals surface area contributed by atoms with Crippen molar-refractivity contribution in [3.8, 4) is 5.75 Å². The molecule has 1 atom stereocenters. The maximum absolute atomic E-state index is 12.4. The van der Waals surface area contributed by atoms with Crippen LogP contribution in [0.1, 0.15) is 24.3 Å². The van der Waals surface area contributed by atoms with Gasteiger partial charge in [0.15, 0.2) is 0 Å². The normalized spacial score (nSPS) is 14.2. The summed E-state index contributed by atoms with van der Waals surface area (Å²) in [7, 11) is 1.56. The molecule has 5 heteroatoms. The average molecular weight is 332 g/mol. The van der Waals surface area contributed by atoms with Crippen molar-refractivity contribution in [2.45, 2.75) is 19.4 Å². The van der Waals surface area contributed by atoms with Gasteiger partial charge in [-0.25, -0.2) is 4.79 Å². The minimum absolute atomic E-state index is 0.198. The van der Waals surface area contributed by atoms with Crippen LogP contribution in [0.4, 0.5) is 0 Å². The molecule has 0 fully saturated rings. The highest BCUT2D eigenvalue weighted by atomic mass is 32.1. The quantitative estimate of drug-likeness (QED) is 0.821. The molecule has 0 aliphatic rings. The van der Waals surface area contributed by atoms with Crippen molar-refractivity contribution in [3.05, 3.63) is 57.8 Å². The van der Waals surface area contributed by atoms with Gasteiger partial charge in [-0.3, -0.25) is 0 Å². The monoisotopic (exact) mass is 332 g/mol. The Bertz CT molecular complexity index is 674. The van der Waals surface area contributed by atoms with Crippen molar-refractivity contribution in [2.75, 3.05) is 13.7 Å². The molecule has 0 bridgehead atoms. The second kappa shape index (κ2) is 7.44. The van der Waals surface area contributed by atoms with Crippen LogP contribution in [-0.4, -0.2) is 24.8 Å². The molecule has 0 aliphatic heterocycles. The van der Waals surface area contributed by atoms with Crippen LogP contribution in [0.25, 0.3) is 6.08 Å². The van der Waals surface area contributed by atoms with Gasteiger partial charge < -0.3 is 14.6 Å². The first-order chi connectivity index (χ1) is 11.0. The van der Waals surface area contributed by atoms with E-state index in [0.717, 1.165) is 4.88 Å². The molecule has 0 saturated heterocycles. The maximum atomic E-state index is 12.4. The number of esters is 1. The standard InChI is InChI=1S/C18H20O4S/c1-4-22-17(19)18(20,13(2)12-16-6-5-11-23-16)14-7-9-15(21-3)10-8-14/h5-12,20H,4H2,1-3H3/b13-12+. The van der Waals surface area contributed by atoms with E-state index in [0.29, 0.717) is 16.9 Å². The summed E-state index contributed by atoms with van der Waals surface area (Å²) in [5.74, 6) is -0.0321. The number of methoxy groups -OCH3 is 1. The molecule has 1 aromatic heterocycles. The smallest absolute Gasteiger partial charge is 0.347 e. The maximum Gasteiger partial charge on any atom is 0.347 e. The average Bonchev–Trinajstić information content (AvgIpc) is 3.07. The number of carbonyl (C=O) groups is 1. The Morgan fingerprint density at radius 2 is 2.00 bits per heavy atom. The Morgan fingerprint density at radius 3 is 2.52 bits per heavy atom. The van der Waals surface area contributed by atoms with E-state index in [1.165, 1.54) is 11.3 Å². The molecule has 0 amide bonds. The summed E-state index contributed by atoms with van der Waals surface area (Å²) in [5.41, 5.74) is -0.877. The Hall–Kier alpha value is -2.11. The summed E-state index contributed by atoms with van der Waals surface area (Å²) < 4.78 is 10.2. The molecule has 0 aliphatic carbocycles. The van der Waals surface area contributed by atoms with E-state index >= 15 is 0 Å². The van der Waals surface area contributed by atoms with Crippen molar-refractivity contribution in [1.29, 1.82) is 0 Å². The number of benzene rings is 1. The summed E-state index contributed by atoms with van der Waals surface area (Å²) in [6.45, 7) is 3.63. The highest BCUT2D eigenvalue weighted by molar-refractivity contribution is 7.10. The van der Waals surface area contributed by atoms with Gasteiger partial charge in [-0.2, -0.15) is 0 Å². The van der Waals surface area contributed by atoms with Crippen LogP contribution < -0.4 is 4.74 Å². The van der Waals surface area contributed by atoms with Crippen molar-refractivity contribution in [3.63, 3.8) is 0 Å². The Balaban J connectivity index is 2.48. The molecule has 1 unspecified atom stereocenters. The van der Waals surface area contributed by atoms with Gasteiger partial charge in [0, 0.05) is 4.88 Å². The molecule has 0 spiro atoms. The minimum atomic E-state index is -1.83. The Kier molecular flexibility index (Phi) is 5.58. The van der Waals surface area contributed by atoms with Crippen LogP contribution in [-0.2, 0) is 15.1 Å². The van der Waals surface area contributed by atoms with E-state index in [2.05, 4.69) is 0 Å². The van der Waals surface area contributed by atoms with Crippen LogP contribution >= 0.6 is 11.3 Å². The lowest BCUT2D eigenvalue weighted by atomic mass is 9.86. The summed E-state index contributed by atoms with van der Waals surface area (Å²) in [5, 5.41) is 13.1. The molecular formula is C18H20O4S. The molecule has 2 aromatic rings. The third kappa shape index (κ3) is 3.63. The number of thiophene rings is 1. The highest BCUT2D eigenvalue weighted by Crippen LogP contribution is 2.33. The van der Waals surface area contributed by atoms with Gasteiger partial charge in [0.1, 0.15) is 5.75 Å². The van der Waals surface area contributed by atoms with Crippen LogP contribution in [0.15, 0.2) is 47.4 Å². The zero-order valence-electron chi connectivity index (χ0n) is 13.4. The molecule has 0 radical (unpaired) electrons. The lowest BCUT2D eigenvalue weighted by Crippen LogP contribution is -2.38. The first-order valence-electron chi connectivity index (χ1n) is 7.28. The van der Waals surface area contributed by atoms with E-state index in [9.17, 15) is 9.90 Å². The topological polar surface area (TPSA) is 55.8 Å². The zero-order valence-corrected chi connectivity index (χ0v) is 14.2. The Labute approximate surface area is 140 Å². The predicted molar refractivity (Wildman–Crippen MR) is 91.5 cm³/mol. The van der Waals surface area contributed by atoms with E-state index in [-0.39, 0.29) is 6.61 Å². The van der Waals surface area contributed by atoms with E-state index in [1.807, 2.05) is 17.5 Å². The van der Waals surface area contributed by atoms with Crippen molar-refractivity contribution >= 4 is 23.4 Å². The van der Waals surface area contributed by atoms with E-state index in [4.69, 9.17) is 9.47 Å². The molecule has 1 aromatic carbocycles. The van der Waals surface area contributed by atoms with Gasteiger partial charge in [-0.05, 0) is 54.6 Å². The molecule has 1 heterocycles. The fraction of sp³-hybridized carbons (Fsp3) is 0.278. The minimum Gasteiger partial charge on any atom is -0.497 e. The van der Waals surface area contributed by atoms with Crippen LogP contribution in [0.5, 0.6) is 5.75 Å². The van der Waals surface area contributed by atoms with Gasteiger partial charge in [0.05, 0.1) is 13.7 Å². The van der Waals surface area contributed by atoms with Gasteiger partial charge in [0.2, 0.25) is 5.60 Å². The number of ether oxygens (including phenoxy) is 2. The number of hydrogen-bond acceptors (Lipinski definition) is 5. The molecule has 0 saturated carbocycles. The largest absolute Gasteiger partial charge is 0.497 e. The predicted octanol–water partition coefficient (Wildman–Crippen LogP) is 3.61. The second-order valence-corrected chi connectivity index (χ2v) is 5.98. The third-order valence-corrected chi connectivity index (χ3v) is 4.37. The number of carbonyl (C=O) groups excluding carboxylic acids is 1. The molecule has 2 rings (SSSR count). The van der Waals surface area contributed by atoms with Crippen LogP contribution in [0.3, 0.4) is 0 Å². The number of rotatable bonds is 6. The second-order valence-electron chi connectivity index (χ2n) is 5.00. The third-order valence-electron chi connectivity index (χ3n) is 3.55. The van der Waals surface area contributed by atoms with Gasteiger partial charge >= 0.3 is 5.97 Å². The molecular weight excluding hydrogens is 312 g/mol. The molecule has 4 nitrogen and oxygen atoms in total. The van der Waals surface area contributed by atoms with Crippen molar-refractivity contribution in [1.82, 2.24) is 0 Å². The first-order valence-corrected chi connectivity index (χ1v) is 8.16.